The molecule has 1 heterocycles. The number of nitrogens with one attached hydrogen (secondary N) is 1. The molecule has 2 aromatic carbocycles. The summed E-state index contributed by atoms with van der Waals surface area (Å²) in [5.74, 6) is 0.0777. The molecule has 1 saturated heterocycles. The first-order valence-electron chi connectivity index (χ1n) is 9.53. The van der Waals surface area contributed by atoms with Crippen molar-refractivity contribution in [2.75, 3.05) is 32.6 Å². The van der Waals surface area contributed by atoms with Gasteiger partial charge in [0.2, 0.25) is 15.9 Å². The van der Waals surface area contributed by atoms with Crippen LogP contribution < -0.4 is 14.8 Å². The molecule has 10 nitrogen and oxygen atoms in total. The van der Waals surface area contributed by atoms with Crippen LogP contribution in [0, 0.1) is 16.0 Å². The van der Waals surface area contributed by atoms with E-state index >= 15 is 0 Å². The average molecular weight is 449 g/mol. The third kappa shape index (κ3) is 4.94. The monoisotopic (exact) mass is 449 g/mol. The van der Waals surface area contributed by atoms with Gasteiger partial charge < -0.3 is 14.8 Å². The van der Waals surface area contributed by atoms with Crippen molar-refractivity contribution >= 4 is 27.3 Å². The molecule has 2 aromatic rings. The van der Waals surface area contributed by atoms with Gasteiger partial charge in [-0.2, -0.15) is 4.31 Å². The summed E-state index contributed by atoms with van der Waals surface area (Å²) in [5, 5.41) is 13.6. The Morgan fingerprint density at radius 3 is 2.29 bits per heavy atom. The van der Waals surface area contributed by atoms with Gasteiger partial charge in [0.05, 0.1) is 35.8 Å². The first-order chi connectivity index (χ1) is 14.8. The zero-order valence-electron chi connectivity index (χ0n) is 17.1. The van der Waals surface area contributed by atoms with Gasteiger partial charge in [0.15, 0.2) is 0 Å². The van der Waals surface area contributed by atoms with E-state index in [0.717, 1.165) is 0 Å². The molecule has 1 fully saturated rings. The summed E-state index contributed by atoms with van der Waals surface area (Å²) >= 11 is 0. The highest BCUT2D eigenvalue weighted by Gasteiger charge is 2.32. The molecule has 1 amide bonds. The van der Waals surface area contributed by atoms with Crippen molar-refractivity contribution in [3.05, 3.63) is 52.6 Å². The van der Waals surface area contributed by atoms with E-state index in [1.165, 1.54) is 48.9 Å². The lowest BCUT2D eigenvalue weighted by molar-refractivity contribution is -0.384. The topological polar surface area (TPSA) is 128 Å². The van der Waals surface area contributed by atoms with Gasteiger partial charge in [0, 0.05) is 25.1 Å². The molecule has 1 aliphatic rings. The number of anilines is 1. The van der Waals surface area contributed by atoms with Crippen LogP contribution in [-0.4, -0.2) is 50.9 Å². The number of amides is 1. The maximum Gasteiger partial charge on any atom is 0.273 e. The Morgan fingerprint density at radius 1 is 1.10 bits per heavy atom. The molecule has 1 aliphatic heterocycles. The minimum atomic E-state index is -3.66. The first kappa shape index (κ1) is 22.5. The quantitative estimate of drug-likeness (QED) is 0.508. The van der Waals surface area contributed by atoms with E-state index in [9.17, 15) is 23.3 Å². The Hall–Kier alpha value is -3.18. The van der Waals surface area contributed by atoms with Crippen molar-refractivity contribution in [3.63, 3.8) is 0 Å². The van der Waals surface area contributed by atoms with Gasteiger partial charge in [-0.3, -0.25) is 14.9 Å². The molecule has 0 saturated carbocycles. The Morgan fingerprint density at radius 2 is 1.74 bits per heavy atom. The number of hydrogen-bond acceptors (Lipinski definition) is 7. The van der Waals surface area contributed by atoms with Crippen molar-refractivity contribution in [2.45, 2.75) is 17.7 Å². The number of carbonyl (C=O) groups excluding carboxylic acids is 1. The molecule has 0 aliphatic carbocycles. The van der Waals surface area contributed by atoms with E-state index in [4.69, 9.17) is 9.47 Å². The third-order valence-electron chi connectivity index (χ3n) is 5.18. The predicted octanol–water partition coefficient (Wildman–Crippen LogP) is 2.65. The fraction of sp³-hybridized carbons (Fsp3) is 0.350. The number of nitro benzene ring substituents is 1. The lowest BCUT2D eigenvalue weighted by Gasteiger charge is -2.30. The number of non-ortho nitro benzene ring substituents is 1. The molecular weight excluding hydrogens is 426 g/mol. The van der Waals surface area contributed by atoms with Crippen LogP contribution in [0.4, 0.5) is 11.4 Å². The number of nitro groups is 1. The van der Waals surface area contributed by atoms with E-state index in [2.05, 4.69) is 5.32 Å². The van der Waals surface area contributed by atoms with Crippen LogP contribution in [0.1, 0.15) is 12.8 Å². The fourth-order valence-corrected chi connectivity index (χ4v) is 4.86. The summed E-state index contributed by atoms with van der Waals surface area (Å²) in [4.78, 5) is 23.2. The molecule has 11 heteroatoms. The number of ether oxygens (including phenoxy) is 2. The van der Waals surface area contributed by atoms with E-state index in [1.807, 2.05) is 0 Å². The van der Waals surface area contributed by atoms with Crippen LogP contribution in [0.5, 0.6) is 11.5 Å². The van der Waals surface area contributed by atoms with E-state index in [0.29, 0.717) is 24.3 Å². The number of rotatable bonds is 7. The van der Waals surface area contributed by atoms with Gasteiger partial charge in [-0.15, -0.1) is 0 Å². The second-order valence-electron chi connectivity index (χ2n) is 6.98. The number of carbonyl (C=O) groups is 1. The largest absolute Gasteiger partial charge is 0.497 e. The van der Waals surface area contributed by atoms with Crippen molar-refractivity contribution < 1.29 is 27.6 Å². The summed E-state index contributed by atoms with van der Waals surface area (Å²) < 4.78 is 37.2. The zero-order valence-corrected chi connectivity index (χ0v) is 17.9. The lowest BCUT2D eigenvalue weighted by Crippen LogP contribution is -2.41. The summed E-state index contributed by atoms with van der Waals surface area (Å²) in [5.41, 5.74) is 0.179. The highest BCUT2D eigenvalue weighted by Crippen LogP contribution is 2.31. The minimum absolute atomic E-state index is 0.146. The smallest absolute Gasteiger partial charge is 0.273 e. The summed E-state index contributed by atoms with van der Waals surface area (Å²) in [6, 6.07) is 10.1. The SMILES string of the molecule is COc1ccc(S(=O)(=O)N2CCC(C(=O)Nc3ccc([N+](=O)[O-])cc3OC)CC2)cc1. The molecule has 0 aromatic heterocycles. The van der Waals surface area contributed by atoms with Crippen LogP contribution in [0.15, 0.2) is 47.4 Å². The Kier molecular flexibility index (Phi) is 6.76. The second kappa shape index (κ2) is 9.31. The number of methoxy groups -OCH3 is 2. The van der Waals surface area contributed by atoms with Crippen molar-refractivity contribution in [3.8, 4) is 11.5 Å². The summed E-state index contributed by atoms with van der Waals surface area (Å²) in [7, 11) is -0.792. The summed E-state index contributed by atoms with van der Waals surface area (Å²) in [6.45, 7) is 0.424. The maximum atomic E-state index is 12.8. The number of benzene rings is 2. The molecule has 0 radical (unpaired) electrons. The highest BCUT2D eigenvalue weighted by atomic mass is 32.2. The van der Waals surface area contributed by atoms with E-state index in [1.54, 1.807) is 12.1 Å². The zero-order chi connectivity index (χ0) is 22.6. The van der Waals surface area contributed by atoms with Crippen LogP contribution in [0.2, 0.25) is 0 Å². The van der Waals surface area contributed by atoms with Crippen molar-refractivity contribution in [1.29, 1.82) is 0 Å². The number of sulfonamides is 1. The third-order valence-corrected chi connectivity index (χ3v) is 7.09. The highest BCUT2D eigenvalue weighted by molar-refractivity contribution is 7.89. The molecule has 166 valence electrons. The predicted molar refractivity (Wildman–Crippen MR) is 113 cm³/mol. The normalized spacial score (nSPS) is 15.3. The number of piperidine rings is 1. The van der Waals surface area contributed by atoms with Crippen LogP contribution >= 0.6 is 0 Å². The average Bonchev–Trinajstić information content (AvgIpc) is 2.79. The number of nitrogens with zero attached hydrogens (tertiary/aromatic N) is 2. The van der Waals surface area contributed by atoms with Gasteiger partial charge in [0.1, 0.15) is 11.5 Å². The van der Waals surface area contributed by atoms with Crippen LogP contribution in [-0.2, 0) is 14.8 Å². The van der Waals surface area contributed by atoms with Gasteiger partial charge in [-0.05, 0) is 43.2 Å². The van der Waals surface area contributed by atoms with Crippen molar-refractivity contribution in [1.82, 2.24) is 4.31 Å². The second-order valence-corrected chi connectivity index (χ2v) is 8.92. The van der Waals surface area contributed by atoms with Gasteiger partial charge in [-0.1, -0.05) is 0 Å². The first-order valence-corrected chi connectivity index (χ1v) is 11.0. The molecular formula is C20H23N3O7S. The Labute approximate surface area is 180 Å². The maximum absolute atomic E-state index is 12.8. The molecule has 1 N–H and O–H groups in total. The van der Waals surface area contributed by atoms with E-state index < -0.39 is 14.9 Å². The standard InChI is InChI=1S/C20H23N3O7S/c1-29-16-4-6-17(7-5-16)31(27,28)22-11-9-14(10-12-22)20(24)21-18-8-3-15(23(25)26)13-19(18)30-2/h3-8,13-14H,9-12H2,1-2H3,(H,21,24). The molecule has 0 bridgehead atoms. The minimum Gasteiger partial charge on any atom is -0.497 e. The van der Waals surface area contributed by atoms with Crippen LogP contribution in [0.25, 0.3) is 0 Å². The Bertz CT molecular complexity index is 1060. The van der Waals surface area contributed by atoms with Gasteiger partial charge in [-0.25, -0.2) is 8.42 Å². The summed E-state index contributed by atoms with van der Waals surface area (Å²) in [6.07, 6.45) is 0.715. The molecule has 0 atom stereocenters. The molecule has 31 heavy (non-hydrogen) atoms. The molecule has 0 spiro atoms. The molecule has 3 rings (SSSR count). The van der Waals surface area contributed by atoms with Crippen molar-refractivity contribution in [2.24, 2.45) is 5.92 Å². The Balaban J connectivity index is 1.64. The van der Waals surface area contributed by atoms with E-state index in [-0.39, 0.29) is 41.2 Å². The lowest BCUT2D eigenvalue weighted by atomic mass is 9.97. The van der Waals surface area contributed by atoms with Gasteiger partial charge in [0.25, 0.3) is 5.69 Å². The molecule has 0 unspecified atom stereocenters. The van der Waals surface area contributed by atoms with Crippen LogP contribution in [0.3, 0.4) is 0 Å². The van der Waals surface area contributed by atoms with Gasteiger partial charge >= 0.3 is 0 Å². The number of hydrogen-bond donors (Lipinski definition) is 1. The fourth-order valence-electron chi connectivity index (χ4n) is 3.39.